The summed E-state index contributed by atoms with van der Waals surface area (Å²) < 4.78 is 0. The quantitative estimate of drug-likeness (QED) is 0.806. The zero-order valence-corrected chi connectivity index (χ0v) is 11.4. The van der Waals surface area contributed by atoms with Crippen LogP contribution in [0, 0.1) is 5.92 Å². The van der Waals surface area contributed by atoms with E-state index in [4.69, 9.17) is 5.73 Å². The first kappa shape index (κ1) is 12.0. The van der Waals surface area contributed by atoms with Gasteiger partial charge in [-0.1, -0.05) is 32.3 Å². The standard InChI is InChI=1S/C16H24N2/c1-2-12-5-3-4-6-16(12)18-10-13-7-8-15(17)9-14(13)11-18/h7-9,12,16H,2-6,10-11,17H2,1H3. The zero-order chi connectivity index (χ0) is 12.5. The van der Waals surface area contributed by atoms with Gasteiger partial charge in [-0.15, -0.1) is 0 Å². The molecule has 1 saturated carbocycles. The Bertz CT molecular complexity index is 427. The lowest BCUT2D eigenvalue weighted by molar-refractivity contribution is 0.0992. The summed E-state index contributed by atoms with van der Waals surface area (Å²) in [6, 6.07) is 7.23. The average molecular weight is 244 g/mol. The summed E-state index contributed by atoms with van der Waals surface area (Å²) in [4.78, 5) is 2.69. The maximum atomic E-state index is 5.89. The topological polar surface area (TPSA) is 29.3 Å². The molecule has 0 radical (unpaired) electrons. The third-order valence-corrected chi connectivity index (χ3v) is 4.84. The van der Waals surface area contributed by atoms with Crippen molar-refractivity contribution in [2.75, 3.05) is 5.73 Å². The van der Waals surface area contributed by atoms with Crippen LogP contribution in [-0.4, -0.2) is 10.9 Å². The van der Waals surface area contributed by atoms with Gasteiger partial charge in [0.15, 0.2) is 0 Å². The van der Waals surface area contributed by atoms with Crippen molar-refractivity contribution in [3.05, 3.63) is 29.3 Å². The van der Waals surface area contributed by atoms with E-state index < -0.39 is 0 Å². The van der Waals surface area contributed by atoms with E-state index in [-0.39, 0.29) is 0 Å². The number of nitrogen functional groups attached to an aromatic ring is 1. The summed E-state index contributed by atoms with van der Waals surface area (Å²) in [6.07, 6.45) is 7.00. The Balaban J connectivity index is 1.76. The summed E-state index contributed by atoms with van der Waals surface area (Å²) in [5, 5.41) is 0. The fourth-order valence-corrected chi connectivity index (χ4v) is 3.82. The van der Waals surface area contributed by atoms with E-state index in [1.807, 2.05) is 6.07 Å². The Kier molecular flexibility index (Phi) is 3.29. The minimum atomic E-state index is 0.803. The molecule has 2 unspecified atom stereocenters. The number of nitrogens with two attached hydrogens (primary N) is 1. The van der Waals surface area contributed by atoms with Crippen LogP contribution >= 0.6 is 0 Å². The molecule has 1 heterocycles. The highest BCUT2D eigenvalue weighted by atomic mass is 15.2. The van der Waals surface area contributed by atoms with E-state index in [1.54, 1.807) is 0 Å². The maximum Gasteiger partial charge on any atom is 0.0317 e. The van der Waals surface area contributed by atoms with Gasteiger partial charge in [-0.3, -0.25) is 4.90 Å². The van der Waals surface area contributed by atoms with E-state index in [1.165, 1.54) is 43.2 Å². The molecule has 1 fully saturated rings. The van der Waals surface area contributed by atoms with Gasteiger partial charge in [0.25, 0.3) is 0 Å². The number of nitrogens with zero attached hydrogens (tertiary/aromatic N) is 1. The molecule has 0 bridgehead atoms. The predicted molar refractivity (Wildman–Crippen MR) is 76.1 cm³/mol. The third kappa shape index (κ3) is 2.14. The van der Waals surface area contributed by atoms with Crippen LogP contribution in [0.15, 0.2) is 18.2 Å². The molecule has 3 rings (SSSR count). The molecule has 2 atom stereocenters. The number of hydrogen-bond donors (Lipinski definition) is 1. The van der Waals surface area contributed by atoms with Crippen LogP contribution in [0.2, 0.25) is 0 Å². The summed E-state index contributed by atoms with van der Waals surface area (Å²) in [5.74, 6) is 0.908. The van der Waals surface area contributed by atoms with Crippen LogP contribution in [0.1, 0.15) is 50.2 Å². The average Bonchev–Trinajstić information content (AvgIpc) is 2.81. The lowest BCUT2D eigenvalue weighted by Crippen LogP contribution is -2.39. The summed E-state index contributed by atoms with van der Waals surface area (Å²) in [6.45, 7) is 4.60. The normalized spacial score (nSPS) is 28.3. The molecule has 1 aromatic rings. The number of anilines is 1. The van der Waals surface area contributed by atoms with Crippen LogP contribution in [0.25, 0.3) is 0 Å². The van der Waals surface area contributed by atoms with Crippen molar-refractivity contribution >= 4 is 5.69 Å². The van der Waals surface area contributed by atoms with Crippen molar-refractivity contribution in [2.24, 2.45) is 5.92 Å². The summed E-state index contributed by atoms with van der Waals surface area (Å²) >= 11 is 0. The maximum absolute atomic E-state index is 5.89. The second-order valence-corrected chi connectivity index (χ2v) is 5.95. The Morgan fingerprint density at radius 1 is 1.17 bits per heavy atom. The molecular weight excluding hydrogens is 220 g/mol. The van der Waals surface area contributed by atoms with E-state index in [0.717, 1.165) is 30.7 Å². The van der Waals surface area contributed by atoms with Gasteiger partial charge in [0.2, 0.25) is 0 Å². The Hall–Kier alpha value is -1.02. The van der Waals surface area contributed by atoms with E-state index >= 15 is 0 Å². The van der Waals surface area contributed by atoms with Gasteiger partial charge < -0.3 is 5.73 Å². The first-order chi connectivity index (χ1) is 8.78. The van der Waals surface area contributed by atoms with Gasteiger partial charge in [-0.25, -0.2) is 0 Å². The molecule has 0 amide bonds. The number of benzene rings is 1. The van der Waals surface area contributed by atoms with Crippen LogP contribution in [0.4, 0.5) is 5.69 Å². The molecule has 1 aromatic carbocycles. The third-order valence-electron chi connectivity index (χ3n) is 4.84. The zero-order valence-electron chi connectivity index (χ0n) is 11.4. The monoisotopic (exact) mass is 244 g/mol. The van der Waals surface area contributed by atoms with Crippen molar-refractivity contribution < 1.29 is 0 Å². The number of rotatable bonds is 2. The van der Waals surface area contributed by atoms with Crippen LogP contribution in [-0.2, 0) is 13.1 Å². The molecule has 2 nitrogen and oxygen atoms in total. The molecule has 18 heavy (non-hydrogen) atoms. The molecule has 2 N–H and O–H groups in total. The first-order valence-corrected chi connectivity index (χ1v) is 7.39. The fourth-order valence-electron chi connectivity index (χ4n) is 3.82. The highest BCUT2D eigenvalue weighted by molar-refractivity contribution is 5.46. The summed E-state index contributed by atoms with van der Waals surface area (Å²) in [5.41, 5.74) is 9.74. The van der Waals surface area contributed by atoms with Crippen LogP contribution < -0.4 is 5.73 Å². The molecule has 2 aliphatic rings. The van der Waals surface area contributed by atoms with Crippen molar-refractivity contribution in [1.82, 2.24) is 4.90 Å². The lowest BCUT2D eigenvalue weighted by atomic mass is 9.82. The Morgan fingerprint density at radius 3 is 2.78 bits per heavy atom. The van der Waals surface area contributed by atoms with E-state index in [2.05, 4.69) is 24.0 Å². The molecular formula is C16H24N2. The summed E-state index contributed by atoms with van der Waals surface area (Å²) in [7, 11) is 0. The van der Waals surface area contributed by atoms with Crippen molar-refractivity contribution in [3.8, 4) is 0 Å². The second-order valence-electron chi connectivity index (χ2n) is 5.95. The highest BCUT2D eigenvalue weighted by Gasteiger charge is 2.32. The predicted octanol–water partition coefficient (Wildman–Crippen LogP) is 3.55. The lowest BCUT2D eigenvalue weighted by Gasteiger charge is -2.37. The number of hydrogen-bond acceptors (Lipinski definition) is 2. The molecule has 0 spiro atoms. The highest BCUT2D eigenvalue weighted by Crippen LogP contribution is 2.35. The van der Waals surface area contributed by atoms with Gasteiger partial charge in [-0.05, 0) is 42.0 Å². The number of fused-ring (bicyclic) bond motifs is 1. The smallest absolute Gasteiger partial charge is 0.0317 e. The molecule has 98 valence electrons. The van der Waals surface area contributed by atoms with Gasteiger partial charge >= 0.3 is 0 Å². The van der Waals surface area contributed by atoms with Gasteiger partial charge in [0.1, 0.15) is 0 Å². The van der Waals surface area contributed by atoms with Crippen molar-refractivity contribution in [2.45, 2.75) is 58.2 Å². The SMILES string of the molecule is CCC1CCCCC1N1Cc2ccc(N)cc2C1. The van der Waals surface area contributed by atoms with Crippen LogP contribution in [0.5, 0.6) is 0 Å². The Labute approximate surface area is 110 Å². The molecule has 2 heteroatoms. The van der Waals surface area contributed by atoms with Gasteiger partial charge in [0, 0.05) is 24.8 Å². The Morgan fingerprint density at radius 2 is 1.94 bits per heavy atom. The van der Waals surface area contributed by atoms with E-state index in [0.29, 0.717) is 0 Å². The fraction of sp³-hybridized carbons (Fsp3) is 0.625. The molecule has 0 aromatic heterocycles. The van der Waals surface area contributed by atoms with Gasteiger partial charge in [0.05, 0.1) is 0 Å². The first-order valence-electron chi connectivity index (χ1n) is 7.39. The van der Waals surface area contributed by atoms with Crippen LogP contribution in [0.3, 0.4) is 0 Å². The largest absolute Gasteiger partial charge is 0.399 e. The van der Waals surface area contributed by atoms with Crippen molar-refractivity contribution in [3.63, 3.8) is 0 Å². The van der Waals surface area contributed by atoms with Crippen molar-refractivity contribution in [1.29, 1.82) is 0 Å². The minimum Gasteiger partial charge on any atom is -0.399 e. The molecule has 0 saturated heterocycles. The molecule has 1 aliphatic heterocycles. The minimum absolute atomic E-state index is 0.803. The van der Waals surface area contributed by atoms with E-state index in [9.17, 15) is 0 Å². The second kappa shape index (κ2) is 4.93. The molecule has 1 aliphatic carbocycles. The van der Waals surface area contributed by atoms with Gasteiger partial charge in [-0.2, -0.15) is 0 Å².